The molecule has 120 valence electrons. The Bertz CT molecular complexity index is 867. The number of nitrogens with one attached hydrogen (secondary N) is 1. The second kappa shape index (κ2) is 6.95. The molecule has 0 unspecified atom stereocenters. The predicted octanol–water partition coefficient (Wildman–Crippen LogP) is 3.21. The first-order chi connectivity index (χ1) is 10.8. The quantitative estimate of drug-likeness (QED) is 0.493. The summed E-state index contributed by atoms with van der Waals surface area (Å²) < 4.78 is 24.0. The van der Waals surface area contributed by atoms with Gasteiger partial charge in [0.05, 0.1) is 26.1 Å². The van der Waals surface area contributed by atoms with Gasteiger partial charge in [0.15, 0.2) is 0 Å². The van der Waals surface area contributed by atoms with Gasteiger partial charge in [-0.25, -0.2) is 4.83 Å². The molecule has 0 saturated carbocycles. The van der Waals surface area contributed by atoms with Crippen molar-refractivity contribution in [2.45, 2.75) is 4.90 Å². The summed E-state index contributed by atoms with van der Waals surface area (Å²) in [5.41, 5.74) is 0.342. The zero-order valence-corrected chi connectivity index (χ0v) is 13.6. The Hall–Kier alpha value is -2.16. The van der Waals surface area contributed by atoms with Crippen LogP contribution in [0.25, 0.3) is 0 Å². The Balaban J connectivity index is 2.13. The molecule has 2 aromatic rings. The minimum absolute atomic E-state index is 0.144. The smallest absolute Gasteiger partial charge is 0.258 e. The van der Waals surface area contributed by atoms with E-state index in [4.69, 9.17) is 23.2 Å². The number of benzene rings is 2. The number of nitro benzene ring substituents is 1. The average molecular weight is 374 g/mol. The summed E-state index contributed by atoms with van der Waals surface area (Å²) in [7, 11) is -3.92. The first kappa shape index (κ1) is 17.2. The van der Waals surface area contributed by atoms with Gasteiger partial charge in [-0.15, -0.1) is 0 Å². The normalized spacial score (nSPS) is 11.6. The summed E-state index contributed by atoms with van der Waals surface area (Å²) in [5, 5.41) is 14.8. The van der Waals surface area contributed by atoms with Crippen molar-refractivity contribution in [3.8, 4) is 0 Å². The lowest BCUT2D eigenvalue weighted by atomic mass is 10.2. The van der Waals surface area contributed by atoms with Crippen molar-refractivity contribution in [1.29, 1.82) is 0 Å². The van der Waals surface area contributed by atoms with E-state index in [-0.39, 0.29) is 10.6 Å². The van der Waals surface area contributed by atoms with Crippen LogP contribution in [-0.4, -0.2) is 19.6 Å². The van der Waals surface area contributed by atoms with E-state index >= 15 is 0 Å². The van der Waals surface area contributed by atoms with E-state index in [1.165, 1.54) is 12.3 Å². The Labute approximate surface area is 141 Å². The molecule has 0 fully saturated rings. The number of non-ortho nitro benzene ring substituents is 1. The Morgan fingerprint density at radius 1 is 1.09 bits per heavy atom. The lowest BCUT2D eigenvalue weighted by molar-refractivity contribution is -0.384. The Morgan fingerprint density at radius 3 is 2.30 bits per heavy atom. The highest BCUT2D eigenvalue weighted by atomic mass is 35.5. The van der Waals surface area contributed by atoms with Crippen LogP contribution < -0.4 is 4.83 Å². The molecule has 0 bridgehead atoms. The fourth-order valence-corrected chi connectivity index (χ4v) is 2.66. The molecule has 7 nitrogen and oxygen atoms in total. The Morgan fingerprint density at radius 2 is 1.74 bits per heavy atom. The number of nitrogens with zero attached hydrogens (tertiary/aromatic N) is 2. The molecule has 2 rings (SSSR count). The summed E-state index contributed by atoms with van der Waals surface area (Å²) >= 11 is 11.6. The van der Waals surface area contributed by atoms with Gasteiger partial charge in [0.1, 0.15) is 0 Å². The van der Waals surface area contributed by atoms with Gasteiger partial charge in [-0.2, -0.15) is 13.5 Å². The summed E-state index contributed by atoms with van der Waals surface area (Å²) in [6.45, 7) is 0. The van der Waals surface area contributed by atoms with Crippen molar-refractivity contribution < 1.29 is 13.3 Å². The fraction of sp³-hybridized carbons (Fsp3) is 0. The maximum absolute atomic E-state index is 12.0. The average Bonchev–Trinajstić information content (AvgIpc) is 2.51. The zero-order chi connectivity index (χ0) is 17.0. The summed E-state index contributed by atoms with van der Waals surface area (Å²) in [4.78, 5) is 11.8. The molecule has 0 atom stereocenters. The maximum Gasteiger partial charge on any atom is 0.276 e. The van der Waals surface area contributed by atoms with Gasteiger partial charge in [-0.3, -0.25) is 10.1 Å². The minimum Gasteiger partial charge on any atom is -0.258 e. The monoisotopic (exact) mass is 373 g/mol. The SMILES string of the molecule is O=[N+]([O-])c1ccc(S(=O)(=O)NN=Cc2ccc(Cl)c(Cl)c2)cc1. The molecule has 0 aromatic heterocycles. The van der Waals surface area contributed by atoms with E-state index in [9.17, 15) is 18.5 Å². The molecular formula is C13H9Cl2N3O4S. The van der Waals surface area contributed by atoms with E-state index in [0.29, 0.717) is 15.6 Å². The highest BCUT2D eigenvalue weighted by Gasteiger charge is 2.14. The lowest BCUT2D eigenvalue weighted by Crippen LogP contribution is -2.18. The number of nitro groups is 1. The van der Waals surface area contributed by atoms with Crippen molar-refractivity contribution in [1.82, 2.24) is 4.83 Å². The van der Waals surface area contributed by atoms with Gasteiger partial charge >= 0.3 is 0 Å². The van der Waals surface area contributed by atoms with Gasteiger partial charge in [0, 0.05) is 12.1 Å². The first-order valence-corrected chi connectivity index (χ1v) is 8.28. The molecule has 0 spiro atoms. The zero-order valence-electron chi connectivity index (χ0n) is 11.3. The second-order valence-electron chi connectivity index (χ2n) is 4.28. The fourth-order valence-electron chi connectivity index (χ4n) is 1.56. The molecular weight excluding hydrogens is 365 g/mol. The van der Waals surface area contributed by atoms with E-state index in [2.05, 4.69) is 5.10 Å². The highest BCUT2D eigenvalue weighted by molar-refractivity contribution is 7.89. The van der Waals surface area contributed by atoms with E-state index in [1.807, 2.05) is 4.83 Å². The van der Waals surface area contributed by atoms with Crippen LogP contribution in [0, 0.1) is 10.1 Å². The van der Waals surface area contributed by atoms with Crippen LogP contribution in [-0.2, 0) is 10.0 Å². The first-order valence-electron chi connectivity index (χ1n) is 6.04. The molecule has 0 heterocycles. The van der Waals surface area contributed by atoms with Crippen molar-refractivity contribution in [3.63, 3.8) is 0 Å². The second-order valence-corrected chi connectivity index (χ2v) is 6.75. The molecule has 0 aliphatic heterocycles. The molecule has 0 saturated heterocycles. The number of sulfonamides is 1. The van der Waals surface area contributed by atoms with Crippen LogP contribution in [0.3, 0.4) is 0 Å². The summed E-state index contributed by atoms with van der Waals surface area (Å²) in [6, 6.07) is 9.11. The van der Waals surface area contributed by atoms with Crippen molar-refractivity contribution in [2.75, 3.05) is 0 Å². The van der Waals surface area contributed by atoms with Crippen LogP contribution in [0.15, 0.2) is 52.5 Å². The third kappa shape index (κ3) is 4.41. The molecule has 23 heavy (non-hydrogen) atoms. The van der Waals surface area contributed by atoms with Gasteiger partial charge in [0.25, 0.3) is 15.7 Å². The van der Waals surface area contributed by atoms with Crippen LogP contribution in [0.4, 0.5) is 5.69 Å². The van der Waals surface area contributed by atoms with Crippen molar-refractivity contribution in [2.24, 2.45) is 5.10 Å². The largest absolute Gasteiger partial charge is 0.276 e. The Kier molecular flexibility index (Phi) is 5.19. The third-order valence-electron chi connectivity index (χ3n) is 2.69. The van der Waals surface area contributed by atoms with Gasteiger partial charge in [0.2, 0.25) is 0 Å². The maximum atomic E-state index is 12.0. The molecule has 0 aliphatic rings. The highest BCUT2D eigenvalue weighted by Crippen LogP contribution is 2.21. The molecule has 0 amide bonds. The van der Waals surface area contributed by atoms with E-state index in [0.717, 1.165) is 24.3 Å². The van der Waals surface area contributed by atoms with Crippen LogP contribution in [0.1, 0.15) is 5.56 Å². The standard InChI is InChI=1S/C13H9Cl2N3O4S/c14-12-6-1-9(7-13(12)15)8-16-17-23(21,22)11-4-2-10(3-5-11)18(19)20/h1-8,17H. The summed E-state index contributed by atoms with van der Waals surface area (Å²) in [5.74, 6) is 0. The number of hydrogen-bond donors (Lipinski definition) is 1. The van der Waals surface area contributed by atoms with Gasteiger partial charge in [-0.1, -0.05) is 29.3 Å². The molecule has 10 heteroatoms. The number of halogens is 2. The predicted molar refractivity (Wildman–Crippen MR) is 87.5 cm³/mol. The van der Waals surface area contributed by atoms with Crippen molar-refractivity contribution in [3.05, 3.63) is 68.2 Å². The van der Waals surface area contributed by atoms with E-state index in [1.54, 1.807) is 12.1 Å². The molecule has 1 N–H and O–H groups in total. The number of rotatable bonds is 5. The topological polar surface area (TPSA) is 102 Å². The molecule has 0 aliphatic carbocycles. The lowest BCUT2D eigenvalue weighted by Gasteiger charge is -2.03. The van der Waals surface area contributed by atoms with Crippen LogP contribution in [0.5, 0.6) is 0 Å². The minimum atomic E-state index is -3.92. The molecule has 0 radical (unpaired) electrons. The van der Waals surface area contributed by atoms with Crippen LogP contribution in [0.2, 0.25) is 10.0 Å². The number of hydrazone groups is 1. The number of hydrogen-bond acceptors (Lipinski definition) is 5. The summed E-state index contributed by atoms with van der Waals surface area (Å²) in [6.07, 6.45) is 1.26. The third-order valence-corrected chi connectivity index (χ3v) is 4.67. The van der Waals surface area contributed by atoms with Crippen molar-refractivity contribution >= 4 is 45.1 Å². The van der Waals surface area contributed by atoms with Gasteiger partial charge < -0.3 is 0 Å². The molecule has 2 aromatic carbocycles. The van der Waals surface area contributed by atoms with E-state index < -0.39 is 14.9 Å². The van der Waals surface area contributed by atoms with Gasteiger partial charge in [-0.05, 0) is 29.8 Å². The van der Waals surface area contributed by atoms with Crippen LogP contribution >= 0.6 is 23.2 Å².